The van der Waals surface area contributed by atoms with Gasteiger partial charge in [0, 0.05) is 0 Å². The van der Waals surface area contributed by atoms with E-state index >= 15 is 0 Å². The van der Waals surface area contributed by atoms with Crippen LogP contribution >= 0.6 is 0 Å². The van der Waals surface area contributed by atoms with Gasteiger partial charge in [-0.25, -0.2) is 4.79 Å². The Balaban J connectivity index is 2.17. The van der Waals surface area contributed by atoms with Crippen LogP contribution in [-0.4, -0.2) is 25.3 Å². The molecule has 0 heterocycles. The lowest BCUT2D eigenvalue weighted by atomic mass is 9.87. The van der Waals surface area contributed by atoms with E-state index in [1.165, 1.54) is 13.3 Å². The summed E-state index contributed by atoms with van der Waals surface area (Å²) in [5.74, 6) is 0.0987. The molecule has 0 fully saturated rings. The molecule has 0 spiro atoms. The predicted octanol–water partition coefficient (Wildman–Crippen LogP) is 2.82. The molecule has 7 heteroatoms. The summed E-state index contributed by atoms with van der Waals surface area (Å²) in [6.45, 7) is 6.34. The van der Waals surface area contributed by atoms with E-state index in [9.17, 15) is 4.79 Å². The number of guanidine groups is 1. The highest BCUT2D eigenvalue weighted by Crippen LogP contribution is 2.29. The van der Waals surface area contributed by atoms with Gasteiger partial charge in [-0.1, -0.05) is 32.9 Å². The molecular weight excluding hydrogens is 344 g/mol. The fourth-order valence-corrected chi connectivity index (χ4v) is 2.28. The maximum Gasteiger partial charge on any atom is 0.343 e. The molecule has 0 aliphatic heterocycles. The second kappa shape index (κ2) is 8.35. The van der Waals surface area contributed by atoms with Crippen LogP contribution in [-0.2, 0) is 5.41 Å². The van der Waals surface area contributed by atoms with Gasteiger partial charge in [-0.3, -0.25) is 0 Å². The molecule has 2 aromatic rings. The Hall–Kier alpha value is -3.35. The molecule has 0 saturated heterocycles. The van der Waals surface area contributed by atoms with Gasteiger partial charge >= 0.3 is 5.97 Å². The van der Waals surface area contributed by atoms with Crippen LogP contribution in [0.25, 0.3) is 0 Å². The molecule has 0 aromatic heterocycles. The number of carbonyl (C=O) groups is 1. The lowest BCUT2D eigenvalue weighted by Gasteiger charge is -2.19. The predicted molar refractivity (Wildman–Crippen MR) is 106 cm³/mol. The zero-order valence-electron chi connectivity index (χ0n) is 15.9. The van der Waals surface area contributed by atoms with E-state index in [2.05, 4.69) is 31.0 Å². The van der Waals surface area contributed by atoms with Crippen molar-refractivity contribution in [1.82, 2.24) is 0 Å². The van der Waals surface area contributed by atoms with E-state index in [-0.39, 0.29) is 11.4 Å². The van der Waals surface area contributed by atoms with E-state index in [1.807, 2.05) is 12.1 Å². The van der Waals surface area contributed by atoms with Gasteiger partial charge < -0.3 is 20.9 Å². The number of ether oxygens (including phenoxy) is 2. The van der Waals surface area contributed by atoms with Gasteiger partial charge in [0.05, 0.1) is 18.9 Å². The first-order valence-corrected chi connectivity index (χ1v) is 8.33. The molecule has 0 unspecified atom stereocenters. The van der Waals surface area contributed by atoms with Crippen molar-refractivity contribution < 1.29 is 14.3 Å². The first kappa shape index (κ1) is 20.0. The van der Waals surface area contributed by atoms with Crippen molar-refractivity contribution in [2.75, 3.05) is 7.11 Å². The van der Waals surface area contributed by atoms with Crippen LogP contribution in [0.4, 0.5) is 0 Å². The van der Waals surface area contributed by atoms with E-state index in [0.29, 0.717) is 22.6 Å². The van der Waals surface area contributed by atoms with Crippen molar-refractivity contribution >= 4 is 18.1 Å². The van der Waals surface area contributed by atoms with Crippen LogP contribution < -0.4 is 20.9 Å². The van der Waals surface area contributed by atoms with Gasteiger partial charge in [-0.05, 0) is 46.9 Å². The van der Waals surface area contributed by atoms with E-state index < -0.39 is 5.97 Å². The zero-order chi connectivity index (χ0) is 20.0. The number of benzene rings is 2. The highest BCUT2D eigenvalue weighted by molar-refractivity contribution is 5.91. The van der Waals surface area contributed by atoms with Crippen molar-refractivity contribution in [2.45, 2.75) is 26.2 Å². The summed E-state index contributed by atoms with van der Waals surface area (Å²) in [4.78, 5) is 12.4. The highest BCUT2D eigenvalue weighted by Gasteiger charge is 2.16. The van der Waals surface area contributed by atoms with E-state index in [0.717, 1.165) is 5.56 Å². The number of methoxy groups -OCH3 is 1. The van der Waals surface area contributed by atoms with Crippen LogP contribution in [0.2, 0.25) is 0 Å². The zero-order valence-corrected chi connectivity index (χ0v) is 15.9. The largest absolute Gasteiger partial charge is 0.493 e. The molecular formula is C20H24N4O3. The van der Waals surface area contributed by atoms with Gasteiger partial charge in [0.2, 0.25) is 5.96 Å². The molecule has 2 rings (SSSR count). The maximum atomic E-state index is 12.4. The molecule has 0 radical (unpaired) electrons. The summed E-state index contributed by atoms with van der Waals surface area (Å²) in [6, 6.07) is 12.4. The molecule has 0 aliphatic rings. The minimum absolute atomic E-state index is 0.0155. The summed E-state index contributed by atoms with van der Waals surface area (Å²) in [7, 11) is 1.49. The minimum atomic E-state index is -0.462. The summed E-state index contributed by atoms with van der Waals surface area (Å²) >= 11 is 0. The highest BCUT2D eigenvalue weighted by atomic mass is 16.6. The Morgan fingerprint density at radius 2 is 1.70 bits per heavy atom. The third kappa shape index (κ3) is 5.57. The second-order valence-corrected chi connectivity index (χ2v) is 6.90. The Morgan fingerprint density at radius 1 is 1.04 bits per heavy atom. The standard InChI is InChI=1S/C20H24N4O3/c1-20(2,3)15-8-6-14(7-9-15)18(25)27-16-10-5-13(11-17(16)26-4)12-23-24-19(21)22/h5-12H,1-4H3,(H4,21,22,24)/b23-12+. The van der Waals surface area contributed by atoms with E-state index in [4.69, 9.17) is 20.9 Å². The number of esters is 1. The normalized spacial score (nSPS) is 11.3. The van der Waals surface area contributed by atoms with Gasteiger partial charge in [0.25, 0.3) is 0 Å². The third-order valence-electron chi connectivity index (χ3n) is 3.76. The molecule has 142 valence electrons. The lowest BCUT2D eigenvalue weighted by molar-refractivity contribution is 0.0729. The fourth-order valence-electron chi connectivity index (χ4n) is 2.28. The Bertz CT molecular complexity index is 862. The number of nitrogens with zero attached hydrogens (tertiary/aromatic N) is 2. The van der Waals surface area contributed by atoms with Gasteiger partial charge in [0.15, 0.2) is 11.5 Å². The van der Waals surface area contributed by atoms with Crippen molar-refractivity contribution in [2.24, 2.45) is 21.7 Å². The monoisotopic (exact) mass is 368 g/mol. The molecule has 0 bridgehead atoms. The fraction of sp³-hybridized carbons (Fsp3) is 0.250. The number of carbonyl (C=O) groups excluding carboxylic acids is 1. The maximum absolute atomic E-state index is 12.4. The van der Waals surface area contributed by atoms with Crippen LogP contribution in [0.3, 0.4) is 0 Å². The first-order valence-electron chi connectivity index (χ1n) is 8.33. The Kier molecular flexibility index (Phi) is 6.18. The molecule has 2 aromatic carbocycles. The molecule has 0 aliphatic carbocycles. The van der Waals surface area contributed by atoms with Crippen LogP contribution in [0.15, 0.2) is 52.7 Å². The van der Waals surface area contributed by atoms with Crippen LogP contribution in [0, 0.1) is 0 Å². The number of rotatable bonds is 5. The number of nitrogens with two attached hydrogens (primary N) is 2. The smallest absolute Gasteiger partial charge is 0.343 e. The SMILES string of the molecule is COc1cc(/C=N/N=C(N)N)ccc1OC(=O)c1ccc(C(C)(C)C)cc1. The minimum Gasteiger partial charge on any atom is -0.493 e. The average molecular weight is 368 g/mol. The first-order chi connectivity index (χ1) is 12.7. The Morgan fingerprint density at radius 3 is 2.26 bits per heavy atom. The second-order valence-electron chi connectivity index (χ2n) is 6.90. The number of hydrogen-bond acceptors (Lipinski definition) is 5. The van der Waals surface area contributed by atoms with Crippen LogP contribution in [0.5, 0.6) is 11.5 Å². The quantitative estimate of drug-likeness (QED) is 0.277. The van der Waals surface area contributed by atoms with Crippen molar-refractivity contribution in [3.05, 3.63) is 59.2 Å². The lowest BCUT2D eigenvalue weighted by Crippen LogP contribution is -2.21. The molecule has 27 heavy (non-hydrogen) atoms. The van der Waals surface area contributed by atoms with Crippen molar-refractivity contribution in [3.8, 4) is 11.5 Å². The van der Waals surface area contributed by atoms with Gasteiger partial charge in [-0.2, -0.15) is 5.10 Å². The molecule has 7 nitrogen and oxygen atoms in total. The molecule has 4 N–H and O–H groups in total. The van der Waals surface area contributed by atoms with E-state index in [1.54, 1.807) is 30.3 Å². The third-order valence-corrected chi connectivity index (χ3v) is 3.76. The van der Waals surface area contributed by atoms with Crippen LogP contribution in [0.1, 0.15) is 42.3 Å². The summed E-state index contributed by atoms with van der Waals surface area (Å²) in [5, 5.41) is 7.26. The molecule has 0 saturated carbocycles. The van der Waals surface area contributed by atoms with Gasteiger partial charge in [0.1, 0.15) is 0 Å². The Labute approximate surface area is 158 Å². The van der Waals surface area contributed by atoms with Gasteiger partial charge in [-0.15, -0.1) is 5.10 Å². The molecule has 0 amide bonds. The van der Waals surface area contributed by atoms with Crippen molar-refractivity contribution in [1.29, 1.82) is 0 Å². The topological polar surface area (TPSA) is 112 Å². The summed E-state index contributed by atoms with van der Waals surface area (Å²) in [6.07, 6.45) is 1.46. The number of hydrogen-bond donors (Lipinski definition) is 2. The summed E-state index contributed by atoms with van der Waals surface area (Å²) in [5.41, 5.74) is 12.7. The average Bonchev–Trinajstić information content (AvgIpc) is 2.61. The molecule has 0 atom stereocenters. The summed E-state index contributed by atoms with van der Waals surface area (Å²) < 4.78 is 10.8. The van der Waals surface area contributed by atoms with Crippen molar-refractivity contribution in [3.63, 3.8) is 0 Å².